The molecular formula is C30H33NO4. The summed E-state index contributed by atoms with van der Waals surface area (Å²) in [5, 5.41) is 19.9. The molecule has 182 valence electrons. The van der Waals surface area contributed by atoms with Gasteiger partial charge in [0.15, 0.2) is 0 Å². The molecule has 0 aliphatic carbocycles. The first-order valence-electron chi connectivity index (χ1n) is 12.4. The zero-order chi connectivity index (χ0) is 24.5. The van der Waals surface area contributed by atoms with Gasteiger partial charge in [0.05, 0.1) is 0 Å². The molecule has 0 bridgehead atoms. The van der Waals surface area contributed by atoms with Crippen molar-refractivity contribution in [1.29, 1.82) is 0 Å². The molecular weight excluding hydrogens is 438 g/mol. The Morgan fingerprint density at radius 3 is 2.31 bits per heavy atom. The van der Waals surface area contributed by atoms with Crippen LogP contribution in [0.1, 0.15) is 49.8 Å². The first-order valence-corrected chi connectivity index (χ1v) is 12.4. The van der Waals surface area contributed by atoms with Crippen LogP contribution in [0.15, 0.2) is 66.7 Å². The number of likely N-dealkylation sites (tertiary alicyclic amines) is 1. The van der Waals surface area contributed by atoms with E-state index in [0.29, 0.717) is 12.6 Å². The number of hydrogen-bond donors (Lipinski definition) is 2. The van der Waals surface area contributed by atoms with E-state index in [1.54, 1.807) is 24.3 Å². The minimum absolute atomic E-state index is 0.00924. The molecule has 3 aromatic carbocycles. The molecule has 0 radical (unpaired) electrons. The Balaban J connectivity index is 1.42. The van der Waals surface area contributed by atoms with Gasteiger partial charge in [-0.25, -0.2) is 0 Å². The lowest BCUT2D eigenvalue weighted by Crippen LogP contribution is -2.35. The molecule has 2 heterocycles. The van der Waals surface area contributed by atoms with Crippen LogP contribution in [-0.2, 0) is 0 Å². The number of fused-ring (bicyclic) bond motifs is 1. The lowest BCUT2D eigenvalue weighted by molar-refractivity contribution is 0.169. The summed E-state index contributed by atoms with van der Waals surface area (Å²) in [4.78, 5) is 2.50. The number of allylic oxidation sites excluding steroid dienone is 1. The Bertz CT molecular complexity index is 1220. The van der Waals surface area contributed by atoms with Crippen molar-refractivity contribution >= 4 is 11.3 Å². The summed E-state index contributed by atoms with van der Waals surface area (Å²) >= 11 is 0. The molecule has 2 aliphatic heterocycles. The van der Waals surface area contributed by atoms with Gasteiger partial charge >= 0.3 is 0 Å². The van der Waals surface area contributed by atoms with Crippen molar-refractivity contribution in [2.75, 3.05) is 19.7 Å². The van der Waals surface area contributed by atoms with Crippen molar-refractivity contribution in [3.8, 4) is 23.0 Å². The van der Waals surface area contributed by atoms with Crippen molar-refractivity contribution in [1.82, 2.24) is 4.90 Å². The first-order chi connectivity index (χ1) is 16.9. The first kappa shape index (κ1) is 23.3. The van der Waals surface area contributed by atoms with Gasteiger partial charge in [-0.05, 0) is 86.0 Å². The average molecular weight is 472 g/mol. The van der Waals surface area contributed by atoms with Crippen molar-refractivity contribution in [3.63, 3.8) is 0 Å². The smallest absolute Gasteiger partial charge is 0.139 e. The predicted molar refractivity (Wildman–Crippen MR) is 139 cm³/mol. The second kappa shape index (κ2) is 9.67. The molecule has 0 saturated carbocycles. The average Bonchev–Trinajstić information content (AvgIpc) is 3.30. The van der Waals surface area contributed by atoms with Crippen molar-refractivity contribution in [2.24, 2.45) is 5.92 Å². The summed E-state index contributed by atoms with van der Waals surface area (Å²) in [7, 11) is 0. The maximum absolute atomic E-state index is 10.1. The van der Waals surface area contributed by atoms with Gasteiger partial charge in [-0.3, -0.25) is 4.90 Å². The van der Waals surface area contributed by atoms with Crippen LogP contribution in [0.25, 0.3) is 11.3 Å². The molecule has 5 nitrogen and oxygen atoms in total. The van der Waals surface area contributed by atoms with Gasteiger partial charge in [-0.15, -0.1) is 0 Å². The predicted octanol–water partition coefficient (Wildman–Crippen LogP) is 6.27. The SMILES string of the molecule is CC1C(c2ccc(O)cc2)=C(c2ccc(OC[C@H](C)N3CC[C@@H](C)C3)cc2)Oc2ccc(O)cc21. The molecule has 1 fully saturated rings. The Labute approximate surface area is 207 Å². The molecule has 2 N–H and O–H groups in total. The molecule has 3 aromatic rings. The van der Waals surface area contributed by atoms with Crippen molar-refractivity contribution in [3.05, 3.63) is 83.4 Å². The second-order valence-corrected chi connectivity index (χ2v) is 9.91. The van der Waals surface area contributed by atoms with Crippen LogP contribution in [0.5, 0.6) is 23.0 Å². The molecule has 5 heteroatoms. The summed E-state index contributed by atoms with van der Waals surface area (Å²) in [5.74, 6) is 3.54. The fourth-order valence-corrected chi connectivity index (χ4v) is 5.11. The molecule has 2 aliphatic rings. The van der Waals surface area contributed by atoms with E-state index in [1.807, 2.05) is 42.5 Å². The molecule has 5 rings (SSSR count). The van der Waals surface area contributed by atoms with Crippen LogP contribution in [0.2, 0.25) is 0 Å². The fraction of sp³-hybridized carbons (Fsp3) is 0.333. The Kier molecular flexibility index (Phi) is 6.44. The van der Waals surface area contributed by atoms with Gasteiger partial charge in [-0.2, -0.15) is 0 Å². The molecule has 3 atom stereocenters. The second-order valence-electron chi connectivity index (χ2n) is 9.91. The van der Waals surface area contributed by atoms with E-state index in [9.17, 15) is 10.2 Å². The van der Waals surface area contributed by atoms with Crippen molar-refractivity contribution < 1.29 is 19.7 Å². The lowest BCUT2D eigenvalue weighted by atomic mass is 9.83. The van der Waals surface area contributed by atoms with E-state index in [4.69, 9.17) is 9.47 Å². The number of benzene rings is 3. The maximum atomic E-state index is 10.1. The van der Waals surface area contributed by atoms with Crippen LogP contribution >= 0.6 is 0 Å². The van der Waals surface area contributed by atoms with Crippen LogP contribution in [0.4, 0.5) is 0 Å². The lowest BCUT2D eigenvalue weighted by Gasteiger charge is -2.29. The number of phenolic OH excluding ortho intramolecular Hbond substituents is 2. The minimum Gasteiger partial charge on any atom is -0.508 e. The van der Waals surface area contributed by atoms with E-state index in [-0.39, 0.29) is 17.4 Å². The van der Waals surface area contributed by atoms with Crippen LogP contribution in [0, 0.1) is 5.92 Å². The third-order valence-electron chi connectivity index (χ3n) is 7.21. The van der Waals surface area contributed by atoms with Gasteiger partial charge in [0.25, 0.3) is 0 Å². The summed E-state index contributed by atoms with van der Waals surface area (Å²) in [5.41, 5.74) is 3.86. The van der Waals surface area contributed by atoms with Crippen LogP contribution < -0.4 is 9.47 Å². The van der Waals surface area contributed by atoms with Gasteiger partial charge in [0.1, 0.15) is 35.4 Å². The minimum atomic E-state index is -0.00924. The summed E-state index contributed by atoms with van der Waals surface area (Å²) in [6.07, 6.45) is 1.26. The van der Waals surface area contributed by atoms with Gasteiger partial charge in [-0.1, -0.05) is 26.0 Å². The molecule has 1 saturated heterocycles. The van der Waals surface area contributed by atoms with Crippen LogP contribution in [0.3, 0.4) is 0 Å². The zero-order valence-electron chi connectivity index (χ0n) is 20.6. The fourth-order valence-electron chi connectivity index (χ4n) is 5.11. The number of hydrogen-bond acceptors (Lipinski definition) is 5. The molecule has 0 aromatic heterocycles. The highest BCUT2D eigenvalue weighted by molar-refractivity contribution is 5.93. The van der Waals surface area contributed by atoms with Gasteiger partial charge < -0.3 is 19.7 Å². The van der Waals surface area contributed by atoms with E-state index >= 15 is 0 Å². The highest BCUT2D eigenvalue weighted by Gasteiger charge is 2.29. The topological polar surface area (TPSA) is 62.2 Å². The standard InChI is InChI=1S/C30H33NO4/c1-19-14-15-31(17-19)20(2)18-34-26-11-6-23(7-12-26)30-29(22-4-8-24(32)9-5-22)21(3)27-16-25(33)10-13-28(27)35-30/h4-13,16,19-21,32-33H,14-15,17-18H2,1-3H3/t19-,20+,21?/m1/s1. The number of phenols is 2. The van der Waals surface area contributed by atoms with E-state index in [1.165, 1.54) is 6.42 Å². The van der Waals surface area contributed by atoms with Crippen LogP contribution in [-0.4, -0.2) is 40.9 Å². The number of nitrogens with zero attached hydrogens (tertiary/aromatic N) is 1. The van der Waals surface area contributed by atoms with E-state index in [2.05, 4.69) is 25.7 Å². The van der Waals surface area contributed by atoms with Gasteiger partial charge in [0.2, 0.25) is 0 Å². The molecule has 1 unspecified atom stereocenters. The number of aromatic hydroxyl groups is 2. The maximum Gasteiger partial charge on any atom is 0.139 e. The van der Waals surface area contributed by atoms with Crippen molar-refractivity contribution in [2.45, 2.75) is 39.2 Å². The largest absolute Gasteiger partial charge is 0.508 e. The Morgan fingerprint density at radius 2 is 1.63 bits per heavy atom. The molecule has 35 heavy (non-hydrogen) atoms. The highest BCUT2D eigenvalue weighted by Crippen LogP contribution is 2.47. The third-order valence-corrected chi connectivity index (χ3v) is 7.21. The summed E-state index contributed by atoms with van der Waals surface area (Å²) in [6, 6.07) is 20.8. The molecule has 0 amide bonds. The van der Waals surface area contributed by atoms with Gasteiger partial charge in [0, 0.05) is 35.2 Å². The highest BCUT2D eigenvalue weighted by atomic mass is 16.5. The zero-order valence-corrected chi connectivity index (χ0v) is 20.6. The summed E-state index contributed by atoms with van der Waals surface area (Å²) in [6.45, 7) is 9.61. The van der Waals surface area contributed by atoms with E-state index < -0.39 is 0 Å². The van der Waals surface area contributed by atoms with E-state index in [0.717, 1.165) is 58.5 Å². The Hall–Kier alpha value is -3.44. The number of ether oxygens (including phenoxy) is 2. The monoisotopic (exact) mass is 471 g/mol. The normalized spacial score (nSPS) is 20.9. The summed E-state index contributed by atoms with van der Waals surface area (Å²) < 4.78 is 12.5. The number of rotatable bonds is 6. The molecule has 0 spiro atoms. The third kappa shape index (κ3) is 4.87. The quantitative estimate of drug-likeness (QED) is 0.444. The Morgan fingerprint density at radius 1 is 0.943 bits per heavy atom.